The van der Waals surface area contributed by atoms with Crippen LogP contribution in [-0.2, 0) is 0 Å². The van der Waals surface area contributed by atoms with Crippen molar-refractivity contribution in [3.05, 3.63) is 57.4 Å². The molecule has 6 nitrogen and oxygen atoms in total. The summed E-state index contributed by atoms with van der Waals surface area (Å²) >= 11 is 5.89. The summed E-state index contributed by atoms with van der Waals surface area (Å²) in [5.74, 6) is 0.537. The normalized spacial score (nSPS) is 12.2. The Morgan fingerprint density at radius 2 is 2.00 bits per heavy atom. The number of nitrogens with one attached hydrogen (secondary N) is 1. The van der Waals surface area contributed by atoms with E-state index >= 15 is 0 Å². The molecule has 2 aromatic rings. The van der Waals surface area contributed by atoms with Crippen molar-refractivity contribution in [1.82, 2.24) is 0 Å². The zero-order valence-electron chi connectivity index (χ0n) is 10.0. The molecule has 0 aliphatic carbocycles. The predicted octanol–water partition coefficient (Wildman–Crippen LogP) is 4.64. The van der Waals surface area contributed by atoms with Crippen molar-refractivity contribution in [3.8, 4) is 11.5 Å². The Morgan fingerprint density at radius 1 is 1.20 bits per heavy atom. The first-order valence-electron chi connectivity index (χ1n) is 5.65. The van der Waals surface area contributed by atoms with E-state index in [0.29, 0.717) is 33.5 Å². The molecule has 0 unspecified atom stereocenters. The van der Waals surface area contributed by atoms with Gasteiger partial charge in [0.25, 0.3) is 5.91 Å². The summed E-state index contributed by atoms with van der Waals surface area (Å²) in [6.07, 6.45) is 0. The first kappa shape index (κ1) is 12.3. The predicted molar refractivity (Wildman–Crippen MR) is 74.7 cm³/mol. The smallest absolute Gasteiger partial charge is 0.259 e. The zero-order chi connectivity index (χ0) is 14.1. The first-order valence-corrected chi connectivity index (χ1v) is 6.03. The Balaban J connectivity index is 2.12. The van der Waals surface area contributed by atoms with Gasteiger partial charge in [-0.2, -0.15) is 0 Å². The minimum absolute atomic E-state index is 0.294. The molecule has 1 N–H and O–H groups in total. The summed E-state index contributed by atoms with van der Waals surface area (Å²) < 4.78 is 5.68. The Bertz CT molecular complexity index is 769. The fraction of sp³-hybridized carbons (Fsp3) is 0. The Kier molecular flexibility index (Phi) is 2.95. The van der Waals surface area contributed by atoms with Gasteiger partial charge in [-0.05, 0) is 41.9 Å². The standard InChI is InChI=1S/C13H7ClN4O2/c14-7-1-3-12-10(5-7)16-13(19)9-6-8(17-18-15)2-4-11(9)20-12/h1-6H,(H,16,19). The van der Waals surface area contributed by atoms with Gasteiger partial charge in [0, 0.05) is 15.6 Å². The zero-order valence-corrected chi connectivity index (χ0v) is 10.8. The molecule has 1 amide bonds. The van der Waals surface area contributed by atoms with Crippen LogP contribution >= 0.6 is 11.6 Å². The van der Waals surface area contributed by atoms with Gasteiger partial charge in [0.2, 0.25) is 0 Å². The van der Waals surface area contributed by atoms with Crippen LogP contribution in [0.5, 0.6) is 11.5 Å². The lowest BCUT2D eigenvalue weighted by molar-refractivity contribution is 0.102. The van der Waals surface area contributed by atoms with Crippen molar-refractivity contribution in [2.45, 2.75) is 0 Å². The second-order valence-electron chi connectivity index (χ2n) is 4.07. The summed E-state index contributed by atoms with van der Waals surface area (Å²) in [5, 5.41) is 6.67. The molecule has 98 valence electrons. The summed E-state index contributed by atoms with van der Waals surface area (Å²) in [5.41, 5.74) is 9.55. The maximum atomic E-state index is 12.2. The number of halogens is 1. The van der Waals surface area contributed by atoms with E-state index in [1.807, 2.05) is 0 Å². The number of nitrogens with zero attached hydrogens (tertiary/aromatic N) is 3. The lowest BCUT2D eigenvalue weighted by Gasteiger charge is -2.07. The molecular weight excluding hydrogens is 280 g/mol. The van der Waals surface area contributed by atoms with Crippen LogP contribution in [0.25, 0.3) is 10.4 Å². The summed E-state index contributed by atoms with van der Waals surface area (Å²) in [6, 6.07) is 9.59. The highest BCUT2D eigenvalue weighted by Gasteiger charge is 2.21. The molecule has 0 saturated carbocycles. The molecule has 1 heterocycles. The Morgan fingerprint density at radius 3 is 2.80 bits per heavy atom. The number of hydrogen-bond donors (Lipinski definition) is 1. The van der Waals surface area contributed by atoms with E-state index in [-0.39, 0.29) is 5.91 Å². The number of amides is 1. The van der Waals surface area contributed by atoms with Crippen molar-refractivity contribution in [3.63, 3.8) is 0 Å². The van der Waals surface area contributed by atoms with E-state index in [1.165, 1.54) is 6.07 Å². The topological polar surface area (TPSA) is 87.1 Å². The third kappa shape index (κ3) is 2.14. The van der Waals surface area contributed by atoms with Gasteiger partial charge < -0.3 is 10.1 Å². The van der Waals surface area contributed by atoms with E-state index in [4.69, 9.17) is 21.9 Å². The second-order valence-corrected chi connectivity index (χ2v) is 4.50. The molecule has 0 fully saturated rings. The highest BCUT2D eigenvalue weighted by atomic mass is 35.5. The van der Waals surface area contributed by atoms with Crippen molar-refractivity contribution in [2.24, 2.45) is 5.11 Å². The molecule has 0 radical (unpaired) electrons. The summed E-state index contributed by atoms with van der Waals surface area (Å²) in [6.45, 7) is 0. The monoisotopic (exact) mass is 286 g/mol. The van der Waals surface area contributed by atoms with Gasteiger partial charge in [-0.15, -0.1) is 0 Å². The lowest BCUT2D eigenvalue weighted by atomic mass is 10.1. The largest absolute Gasteiger partial charge is 0.454 e. The SMILES string of the molecule is [N-]=[N+]=Nc1ccc2c(c1)C(=O)Nc1cc(Cl)ccc1O2. The van der Waals surface area contributed by atoms with Gasteiger partial charge in [0.1, 0.15) is 5.75 Å². The third-order valence-corrected chi connectivity index (χ3v) is 3.01. The molecule has 0 aromatic heterocycles. The van der Waals surface area contributed by atoms with E-state index in [1.54, 1.807) is 30.3 Å². The van der Waals surface area contributed by atoms with Gasteiger partial charge in [0.05, 0.1) is 11.3 Å². The molecule has 2 aromatic carbocycles. The fourth-order valence-electron chi connectivity index (χ4n) is 1.90. The van der Waals surface area contributed by atoms with Crippen LogP contribution in [0.2, 0.25) is 5.02 Å². The van der Waals surface area contributed by atoms with Crippen molar-refractivity contribution < 1.29 is 9.53 Å². The highest BCUT2D eigenvalue weighted by molar-refractivity contribution is 6.31. The quantitative estimate of drug-likeness (QED) is 0.470. The fourth-order valence-corrected chi connectivity index (χ4v) is 2.07. The molecule has 3 rings (SSSR count). The number of carbonyl (C=O) groups excluding carboxylic acids is 1. The van der Waals surface area contributed by atoms with Crippen LogP contribution in [0, 0.1) is 0 Å². The molecule has 0 bridgehead atoms. The van der Waals surface area contributed by atoms with Crippen LogP contribution in [0.4, 0.5) is 11.4 Å². The van der Waals surface area contributed by atoms with Crippen LogP contribution in [0.15, 0.2) is 41.5 Å². The maximum absolute atomic E-state index is 12.2. The Labute approximate surface area is 118 Å². The second kappa shape index (κ2) is 4.77. The van der Waals surface area contributed by atoms with E-state index in [2.05, 4.69) is 15.3 Å². The minimum Gasteiger partial charge on any atom is -0.454 e. The average molecular weight is 287 g/mol. The van der Waals surface area contributed by atoms with E-state index in [9.17, 15) is 4.79 Å². The number of ether oxygens (including phenoxy) is 1. The molecule has 0 spiro atoms. The molecule has 1 aliphatic heterocycles. The lowest BCUT2D eigenvalue weighted by Crippen LogP contribution is -2.10. The summed E-state index contributed by atoms with van der Waals surface area (Å²) in [4.78, 5) is 14.9. The van der Waals surface area contributed by atoms with Gasteiger partial charge in [-0.1, -0.05) is 16.7 Å². The molecular formula is C13H7ClN4O2. The number of hydrogen-bond acceptors (Lipinski definition) is 3. The molecule has 7 heteroatoms. The van der Waals surface area contributed by atoms with Crippen LogP contribution in [0.3, 0.4) is 0 Å². The third-order valence-electron chi connectivity index (χ3n) is 2.78. The van der Waals surface area contributed by atoms with Gasteiger partial charge in [0.15, 0.2) is 5.75 Å². The maximum Gasteiger partial charge on any atom is 0.259 e. The van der Waals surface area contributed by atoms with Crippen LogP contribution in [-0.4, -0.2) is 5.91 Å². The van der Waals surface area contributed by atoms with Crippen molar-refractivity contribution in [1.29, 1.82) is 0 Å². The first-order chi connectivity index (χ1) is 9.67. The summed E-state index contributed by atoms with van der Waals surface area (Å²) in [7, 11) is 0. The van der Waals surface area contributed by atoms with Crippen molar-refractivity contribution >= 4 is 28.9 Å². The Hall–Kier alpha value is -2.69. The molecule has 0 saturated heterocycles. The van der Waals surface area contributed by atoms with Crippen LogP contribution < -0.4 is 10.1 Å². The van der Waals surface area contributed by atoms with Gasteiger partial charge in [-0.25, -0.2) is 0 Å². The van der Waals surface area contributed by atoms with Gasteiger partial charge >= 0.3 is 0 Å². The highest BCUT2D eigenvalue weighted by Crippen LogP contribution is 2.38. The number of rotatable bonds is 1. The number of benzene rings is 2. The molecule has 1 aliphatic rings. The number of carbonyl (C=O) groups is 1. The minimum atomic E-state index is -0.351. The van der Waals surface area contributed by atoms with Gasteiger partial charge in [-0.3, -0.25) is 4.79 Å². The average Bonchev–Trinajstić information content (AvgIpc) is 2.55. The van der Waals surface area contributed by atoms with E-state index < -0.39 is 0 Å². The number of anilines is 1. The number of fused-ring (bicyclic) bond motifs is 2. The van der Waals surface area contributed by atoms with Crippen LogP contribution in [0.1, 0.15) is 10.4 Å². The van der Waals surface area contributed by atoms with Crippen molar-refractivity contribution in [2.75, 3.05) is 5.32 Å². The molecule has 20 heavy (non-hydrogen) atoms. The van der Waals surface area contributed by atoms with E-state index in [0.717, 1.165) is 0 Å². The molecule has 0 atom stereocenters. The number of azide groups is 1.